The number of hydrogen-bond donors (Lipinski definition) is 1. The zero-order valence-corrected chi connectivity index (χ0v) is 23.2. The molecule has 0 bridgehead atoms. The van der Waals surface area contributed by atoms with E-state index in [4.69, 9.17) is 22.8 Å². The lowest BCUT2D eigenvalue weighted by Crippen LogP contribution is -2.74. The SMILES string of the molecule is C#CCSC1C(NC(c2ccccc2)(c2ccccc2)c2ccccc2)C(=O)N1C(Cl)C(=O)OC(C)(C)C. The van der Waals surface area contributed by atoms with Crippen molar-refractivity contribution in [1.82, 2.24) is 10.2 Å². The molecule has 1 aliphatic rings. The van der Waals surface area contributed by atoms with E-state index in [0.717, 1.165) is 16.7 Å². The Bertz CT molecular complexity index is 1190. The molecule has 1 fully saturated rings. The molecule has 0 aromatic heterocycles. The Morgan fingerprint density at radius 2 is 1.42 bits per heavy atom. The van der Waals surface area contributed by atoms with E-state index in [2.05, 4.69) is 11.2 Å². The van der Waals surface area contributed by atoms with Gasteiger partial charge in [-0.15, -0.1) is 18.2 Å². The van der Waals surface area contributed by atoms with Crippen molar-refractivity contribution in [2.45, 2.75) is 48.8 Å². The number of ether oxygens (including phenoxy) is 1. The average Bonchev–Trinajstić information content (AvgIpc) is 2.92. The molecule has 196 valence electrons. The van der Waals surface area contributed by atoms with E-state index in [-0.39, 0.29) is 5.91 Å². The summed E-state index contributed by atoms with van der Waals surface area (Å²) in [5, 5.41) is 3.22. The quantitative estimate of drug-likeness (QED) is 0.0975. The second kappa shape index (κ2) is 11.7. The first-order valence-corrected chi connectivity index (χ1v) is 13.9. The van der Waals surface area contributed by atoms with Gasteiger partial charge in [-0.05, 0) is 37.5 Å². The van der Waals surface area contributed by atoms with Crippen LogP contribution in [-0.2, 0) is 19.9 Å². The van der Waals surface area contributed by atoms with E-state index in [1.807, 2.05) is 91.0 Å². The molecule has 0 saturated carbocycles. The number of hydrogen-bond acceptors (Lipinski definition) is 5. The number of likely N-dealkylation sites (tertiary alicyclic amines) is 1. The third kappa shape index (κ3) is 5.61. The maximum atomic E-state index is 13.7. The number of carbonyl (C=O) groups excluding carboxylic acids is 2. The maximum Gasteiger partial charge on any atom is 0.345 e. The molecule has 1 heterocycles. The standard InChI is InChI=1S/C31H31ClN2O3S/c1-5-21-38-28-25(27(35)34(28)26(32)29(36)37-30(2,3)4)33-31(22-15-9-6-10-16-22,23-17-11-7-12-18-23)24-19-13-8-14-20-24/h1,6-20,25-26,28,33H,21H2,2-4H3. The third-order valence-electron chi connectivity index (χ3n) is 6.26. The third-order valence-corrected chi connectivity index (χ3v) is 7.82. The Labute approximate surface area is 233 Å². The van der Waals surface area contributed by atoms with Crippen molar-refractivity contribution in [3.8, 4) is 12.3 Å². The summed E-state index contributed by atoms with van der Waals surface area (Å²) in [4.78, 5) is 27.9. The number of thioether (sulfide) groups is 1. The number of nitrogens with one attached hydrogen (secondary N) is 1. The normalized spacial score (nSPS) is 18.3. The number of amides is 1. The molecule has 3 aromatic carbocycles. The van der Waals surface area contributed by atoms with Crippen molar-refractivity contribution in [2.75, 3.05) is 5.75 Å². The van der Waals surface area contributed by atoms with E-state index < -0.39 is 34.0 Å². The first-order chi connectivity index (χ1) is 18.2. The minimum absolute atomic E-state index is 0.294. The van der Waals surface area contributed by atoms with Gasteiger partial charge in [0.1, 0.15) is 17.0 Å². The van der Waals surface area contributed by atoms with Crippen LogP contribution in [0.3, 0.4) is 0 Å². The predicted molar refractivity (Wildman–Crippen MR) is 154 cm³/mol. The van der Waals surface area contributed by atoms with Gasteiger partial charge in [-0.1, -0.05) is 109 Å². The monoisotopic (exact) mass is 546 g/mol. The van der Waals surface area contributed by atoms with Crippen LogP contribution in [0.5, 0.6) is 0 Å². The molecule has 3 unspecified atom stereocenters. The molecular weight excluding hydrogens is 516 g/mol. The summed E-state index contributed by atoms with van der Waals surface area (Å²) < 4.78 is 5.47. The van der Waals surface area contributed by atoms with Crippen LogP contribution in [0.1, 0.15) is 37.5 Å². The van der Waals surface area contributed by atoms with Crippen molar-refractivity contribution in [3.63, 3.8) is 0 Å². The van der Waals surface area contributed by atoms with Gasteiger partial charge < -0.3 is 9.64 Å². The van der Waals surface area contributed by atoms with Crippen molar-refractivity contribution < 1.29 is 14.3 Å². The number of β-lactam (4-membered cyclic amide) rings is 1. The van der Waals surface area contributed by atoms with Gasteiger partial charge in [0.15, 0.2) is 0 Å². The van der Waals surface area contributed by atoms with Gasteiger partial charge in [0.05, 0.1) is 11.3 Å². The molecule has 4 rings (SSSR count). The number of alkyl halides is 1. The summed E-state index contributed by atoms with van der Waals surface area (Å²) in [5.74, 6) is 2.01. The summed E-state index contributed by atoms with van der Waals surface area (Å²) in [5.41, 5.74) is 0.0468. The number of terminal acetylenes is 1. The Balaban J connectivity index is 1.79. The number of carbonyl (C=O) groups is 2. The predicted octanol–water partition coefficient (Wildman–Crippen LogP) is 5.38. The maximum absolute atomic E-state index is 13.7. The summed E-state index contributed by atoms with van der Waals surface area (Å²) in [6.45, 7) is 5.28. The van der Waals surface area contributed by atoms with Crippen molar-refractivity contribution >= 4 is 35.2 Å². The van der Waals surface area contributed by atoms with Gasteiger partial charge in [-0.2, -0.15) is 0 Å². The summed E-state index contributed by atoms with van der Waals surface area (Å²) in [6.07, 6.45) is 5.58. The molecule has 7 heteroatoms. The van der Waals surface area contributed by atoms with Crippen molar-refractivity contribution in [2.24, 2.45) is 0 Å². The highest BCUT2D eigenvalue weighted by atomic mass is 35.5. The largest absolute Gasteiger partial charge is 0.458 e. The smallest absolute Gasteiger partial charge is 0.345 e. The Morgan fingerprint density at radius 3 is 1.82 bits per heavy atom. The van der Waals surface area contributed by atoms with Gasteiger partial charge in [0, 0.05) is 0 Å². The second-order valence-corrected chi connectivity index (χ2v) is 11.5. The molecule has 3 aromatic rings. The van der Waals surface area contributed by atoms with Gasteiger partial charge in [0.2, 0.25) is 11.4 Å². The number of esters is 1. The van der Waals surface area contributed by atoms with Crippen LogP contribution in [0.4, 0.5) is 0 Å². The molecule has 1 N–H and O–H groups in total. The van der Waals surface area contributed by atoms with Gasteiger partial charge >= 0.3 is 5.97 Å². The molecule has 38 heavy (non-hydrogen) atoms. The zero-order valence-electron chi connectivity index (χ0n) is 21.6. The highest BCUT2D eigenvalue weighted by Gasteiger charge is 2.55. The number of benzene rings is 3. The van der Waals surface area contributed by atoms with E-state index in [1.165, 1.54) is 16.7 Å². The highest BCUT2D eigenvalue weighted by molar-refractivity contribution is 8.00. The van der Waals surface area contributed by atoms with Crippen LogP contribution >= 0.6 is 23.4 Å². The summed E-state index contributed by atoms with van der Waals surface area (Å²) in [7, 11) is 0. The number of nitrogens with zero attached hydrogens (tertiary/aromatic N) is 1. The van der Waals surface area contributed by atoms with Gasteiger partial charge in [0.25, 0.3) is 0 Å². The lowest BCUT2D eigenvalue weighted by atomic mass is 9.76. The van der Waals surface area contributed by atoms with Gasteiger partial charge in [-0.3, -0.25) is 10.1 Å². The van der Waals surface area contributed by atoms with Crippen LogP contribution in [0.15, 0.2) is 91.0 Å². The van der Waals surface area contributed by atoms with Crippen LogP contribution < -0.4 is 5.32 Å². The molecule has 1 saturated heterocycles. The van der Waals surface area contributed by atoms with Crippen LogP contribution in [0.2, 0.25) is 0 Å². The van der Waals surface area contributed by atoms with Crippen LogP contribution in [0.25, 0.3) is 0 Å². The fourth-order valence-electron chi connectivity index (χ4n) is 4.68. The minimum atomic E-state index is -1.27. The molecule has 0 radical (unpaired) electrons. The zero-order chi connectivity index (χ0) is 27.3. The van der Waals surface area contributed by atoms with E-state index in [1.54, 1.807) is 20.8 Å². The highest BCUT2D eigenvalue weighted by Crippen LogP contribution is 2.42. The molecule has 1 aliphatic heterocycles. The average molecular weight is 547 g/mol. The fraction of sp³-hybridized carbons (Fsp3) is 0.290. The topological polar surface area (TPSA) is 58.6 Å². The first kappa shape index (κ1) is 27.8. The molecule has 0 aliphatic carbocycles. The van der Waals surface area contributed by atoms with Crippen LogP contribution in [-0.4, -0.2) is 45.0 Å². The Kier molecular flexibility index (Phi) is 8.52. The molecule has 3 atom stereocenters. The molecular formula is C31H31ClN2O3S. The second-order valence-electron chi connectivity index (χ2n) is 9.99. The van der Waals surface area contributed by atoms with E-state index >= 15 is 0 Å². The van der Waals surface area contributed by atoms with Gasteiger partial charge in [-0.25, -0.2) is 4.79 Å². The lowest BCUT2D eigenvalue weighted by molar-refractivity contribution is -0.167. The Hall–Kier alpha value is -3.24. The van der Waals surface area contributed by atoms with Crippen molar-refractivity contribution in [3.05, 3.63) is 108 Å². The first-order valence-electron chi connectivity index (χ1n) is 12.4. The summed E-state index contributed by atoms with van der Waals surface area (Å²) in [6, 6.07) is 29.4. The van der Waals surface area contributed by atoms with E-state index in [9.17, 15) is 9.59 Å². The fourth-order valence-corrected chi connectivity index (χ4v) is 6.04. The minimum Gasteiger partial charge on any atom is -0.458 e. The lowest BCUT2D eigenvalue weighted by Gasteiger charge is -2.52. The van der Waals surface area contributed by atoms with Crippen LogP contribution in [0, 0.1) is 12.3 Å². The molecule has 5 nitrogen and oxygen atoms in total. The van der Waals surface area contributed by atoms with E-state index in [0.29, 0.717) is 5.75 Å². The summed E-state index contributed by atoms with van der Waals surface area (Å²) >= 11 is 7.92. The number of rotatable bonds is 9. The van der Waals surface area contributed by atoms with Crippen molar-refractivity contribution in [1.29, 1.82) is 0 Å². The molecule has 1 amide bonds. The Morgan fingerprint density at radius 1 is 0.974 bits per heavy atom. The number of halogens is 1. The molecule has 0 spiro atoms.